The average molecular weight is 985 g/mol. The van der Waals surface area contributed by atoms with Gasteiger partial charge in [0.25, 0.3) is 17.9 Å². The van der Waals surface area contributed by atoms with E-state index >= 15 is 0 Å². The first kappa shape index (κ1) is 80.8. The minimum Gasteiger partial charge on any atom is -0.481 e. The van der Waals surface area contributed by atoms with E-state index in [2.05, 4.69) is 6.92 Å². The van der Waals surface area contributed by atoms with Crippen molar-refractivity contribution < 1.29 is 79.2 Å². The summed E-state index contributed by atoms with van der Waals surface area (Å²) in [6, 6.07) is 0. The summed E-state index contributed by atoms with van der Waals surface area (Å²) in [6.07, 6.45) is 14.4. The lowest BCUT2D eigenvalue weighted by molar-refractivity contribution is -0.146. The van der Waals surface area contributed by atoms with E-state index < -0.39 is 47.8 Å². The molecule has 0 aromatic carbocycles. The van der Waals surface area contributed by atoms with Gasteiger partial charge >= 0.3 is 29.8 Å². The van der Waals surface area contributed by atoms with Gasteiger partial charge < -0.3 is 40.9 Å². The Hall–Kier alpha value is -4.24. The smallest absolute Gasteiger partial charge is 0.307 e. The van der Waals surface area contributed by atoms with Crippen molar-refractivity contribution in [2.45, 2.75) is 216 Å². The van der Waals surface area contributed by atoms with E-state index in [9.17, 15) is 24.0 Å². The molecule has 0 aliphatic rings. The summed E-state index contributed by atoms with van der Waals surface area (Å²) in [7, 11) is 0. The second kappa shape index (κ2) is 52.1. The number of rotatable bonds is 24. The number of aliphatic carboxylic acids is 8. The van der Waals surface area contributed by atoms with Crippen molar-refractivity contribution in [2.24, 2.45) is 71.0 Å². The van der Waals surface area contributed by atoms with Crippen LogP contribution in [0.15, 0.2) is 0 Å². The molecule has 0 amide bonds. The number of unbranched alkanes of at least 4 members (excludes halogenated alkanes) is 10. The summed E-state index contributed by atoms with van der Waals surface area (Å²) in [5.74, 6) is -4.77. The molecule has 0 aliphatic heterocycles. The van der Waals surface area contributed by atoms with Crippen LogP contribution in [0.1, 0.15) is 216 Å². The van der Waals surface area contributed by atoms with Gasteiger partial charge in [-0.2, -0.15) is 0 Å². The molecular formula is C52H104O16. The lowest BCUT2D eigenvalue weighted by Crippen LogP contribution is -2.24. The van der Waals surface area contributed by atoms with Crippen LogP contribution in [0, 0.1) is 71.0 Å². The number of carboxylic acids is 8. The predicted octanol–water partition coefficient (Wildman–Crippen LogP) is 13.0. The van der Waals surface area contributed by atoms with E-state index in [1.165, 1.54) is 57.8 Å². The highest BCUT2D eigenvalue weighted by Gasteiger charge is 2.26. The van der Waals surface area contributed by atoms with Crippen LogP contribution >= 0.6 is 0 Å². The highest BCUT2D eigenvalue weighted by atomic mass is 16.4. The van der Waals surface area contributed by atoms with Gasteiger partial charge in [-0.1, -0.05) is 182 Å². The van der Waals surface area contributed by atoms with Crippen LogP contribution in [-0.2, 0) is 38.4 Å². The van der Waals surface area contributed by atoms with Crippen LogP contribution < -0.4 is 0 Å². The maximum atomic E-state index is 10.6. The van der Waals surface area contributed by atoms with Crippen LogP contribution in [0.3, 0.4) is 0 Å². The fraction of sp³-hybridized carbons (Fsp3) is 0.846. The molecule has 0 aromatic heterocycles. The molecule has 0 heterocycles. The fourth-order valence-electron chi connectivity index (χ4n) is 7.30. The third-order valence-corrected chi connectivity index (χ3v) is 9.88. The van der Waals surface area contributed by atoms with E-state index in [0.29, 0.717) is 6.42 Å². The zero-order valence-corrected chi connectivity index (χ0v) is 46.3. The van der Waals surface area contributed by atoms with Crippen molar-refractivity contribution in [2.75, 3.05) is 0 Å². The maximum absolute atomic E-state index is 10.6. The molecule has 0 aliphatic carbocycles. The first-order valence-corrected chi connectivity index (χ1v) is 24.5. The van der Waals surface area contributed by atoms with Crippen molar-refractivity contribution in [3.05, 3.63) is 0 Å². The Balaban J connectivity index is -0.000000105. The quantitative estimate of drug-likeness (QED) is 0.0417. The normalized spacial score (nSPS) is 10.4. The lowest BCUT2D eigenvalue weighted by atomic mass is 9.86. The first-order valence-electron chi connectivity index (χ1n) is 24.5. The highest BCUT2D eigenvalue weighted by Crippen LogP contribution is 2.22. The van der Waals surface area contributed by atoms with E-state index in [0.717, 1.165) is 33.6 Å². The molecule has 0 saturated heterocycles. The Kier molecular flexibility index (Phi) is 61.9. The predicted molar refractivity (Wildman–Crippen MR) is 272 cm³/mol. The van der Waals surface area contributed by atoms with Crippen LogP contribution in [0.2, 0.25) is 0 Å². The van der Waals surface area contributed by atoms with Gasteiger partial charge in [-0.15, -0.1) is 0 Å². The molecule has 0 atom stereocenters. The molecule has 16 heteroatoms. The van der Waals surface area contributed by atoms with Gasteiger partial charge in [0.2, 0.25) is 0 Å². The summed E-state index contributed by atoms with van der Waals surface area (Å²) in [5, 5.41) is 65.6. The SMILES string of the molecule is CC(=O)O.CC(=O)O.CC(=O)O.CC(C)C(C(=O)O)C(C)C.CC(C)C(C(=O)O)C(C)C.CC(C)C(C(=O)O)C(C)C.CC(C)C(C(=O)O)C(C)C.CCCCCCCCCCCCCC(=O)O. The zero-order chi connectivity index (χ0) is 56.0. The minimum absolute atomic E-state index is 0.194. The van der Waals surface area contributed by atoms with E-state index in [-0.39, 0.29) is 71.0 Å². The van der Waals surface area contributed by atoms with Crippen molar-refractivity contribution in [3.8, 4) is 0 Å². The van der Waals surface area contributed by atoms with Gasteiger partial charge in [0.1, 0.15) is 0 Å². The van der Waals surface area contributed by atoms with Crippen molar-refractivity contribution >= 4 is 47.8 Å². The Morgan fingerprint density at radius 1 is 0.279 bits per heavy atom. The Morgan fingerprint density at radius 3 is 0.500 bits per heavy atom. The second-order valence-corrected chi connectivity index (χ2v) is 19.6. The second-order valence-electron chi connectivity index (χ2n) is 19.6. The molecule has 0 aromatic rings. The number of hydrogen-bond donors (Lipinski definition) is 8. The fourth-order valence-corrected chi connectivity index (χ4v) is 7.30. The molecule has 16 nitrogen and oxygen atoms in total. The van der Waals surface area contributed by atoms with Crippen molar-refractivity contribution in [3.63, 3.8) is 0 Å². The molecule has 0 rings (SSSR count). The lowest BCUT2D eigenvalue weighted by Gasteiger charge is -2.19. The molecule has 0 unspecified atom stereocenters. The molecule has 68 heavy (non-hydrogen) atoms. The van der Waals surface area contributed by atoms with E-state index in [4.69, 9.17) is 55.2 Å². The molecule has 0 fully saturated rings. The van der Waals surface area contributed by atoms with Crippen LogP contribution in [0.5, 0.6) is 0 Å². The maximum Gasteiger partial charge on any atom is 0.307 e. The summed E-state index contributed by atoms with van der Waals surface area (Å²) in [5.41, 5.74) is 0. The average Bonchev–Trinajstić information content (AvgIpc) is 3.08. The molecule has 408 valence electrons. The van der Waals surface area contributed by atoms with Crippen molar-refractivity contribution in [1.82, 2.24) is 0 Å². The Morgan fingerprint density at radius 2 is 0.412 bits per heavy atom. The molecule has 0 radical (unpaired) electrons. The highest BCUT2D eigenvalue weighted by molar-refractivity contribution is 5.71. The van der Waals surface area contributed by atoms with Gasteiger partial charge in [-0.3, -0.25) is 38.4 Å². The van der Waals surface area contributed by atoms with Gasteiger partial charge in [0, 0.05) is 27.2 Å². The first-order chi connectivity index (χ1) is 30.8. The monoisotopic (exact) mass is 985 g/mol. The summed E-state index contributed by atoms with van der Waals surface area (Å²) in [4.78, 5) is 79.6. The van der Waals surface area contributed by atoms with E-state index in [1.54, 1.807) is 0 Å². The van der Waals surface area contributed by atoms with Crippen LogP contribution in [-0.4, -0.2) is 88.6 Å². The number of carboxylic acid groups (broad SMARTS) is 8. The Bertz CT molecular complexity index is 1080. The molecule has 0 spiro atoms. The van der Waals surface area contributed by atoms with Crippen LogP contribution in [0.25, 0.3) is 0 Å². The van der Waals surface area contributed by atoms with E-state index in [1.807, 2.05) is 111 Å². The Labute approximate surface area is 412 Å². The van der Waals surface area contributed by atoms with Gasteiger partial charge in [0.05, 0.1) is 23.7 Å². The van der Waals surface area contributed by atoms with Gasteiger partial charge in [-0.05, 0) is 53.8 Å². The van der Waals surface area contributed by atoms with Gasteiger partial charge in [0.15, 0.2) is 0 Å². The zero-order valence-electron chi connectivity index (χ0n) is 46.3. The molecule has 8 N–H and O–H groups in total. The molecule has 0 bridgehead atoms. The summed E-state index contributed by atoms with van der Waals surface area (Å²) in [6.45, 7) is 36.6. The summed E-state index contributed by atoms with van der Waals surface area (Å²) >= 11 is 0. The molecular weight excluding hydrogens is 881 g/mol. The summed E-state index contributed by atoms with van der Waals surface area (Å²) < 4.78 is 0. The number of carbonyl (C=O) groups is 8. The molecule has 0 saturated carbocycles. The third kappa shape index (κ3) is 70.8. The minimum atomic E-state index is -0.833. The number of hydrogen-bond acceptors (Lipinski definition) is 8. The van der Waals surface area contributed by atoms with Crippen LogP contribution in [0.4, 0.5) is 0 Å². The largest absolute Gasteiger partial charge is 0.481 e. The van der Waals surface area contributed by atoms with Gasteiger partial charge in [-0.25, -0.2) is 0 Å². The third-order valence-electron chi connectivity index (χ3n) is 9.88. The topological polar surface area (TPSA) is 298 Å². The van der Waals surface area contributed by atoms with Crippen molar-refractivity contribution in [1.29, 1.82) is 0 Å². The standard InChI is InChI=1S/C14H28O2.4C8H16O2.3C2H4O2/c1-2-3-4-5-6-7-8-9-10-11-12-13-14(15)16;4*1-5(2)7(6(3)4)8(9)10;3*1-2(3)4/h2-13H2,1H3,(H,15,16);4*5-7H,1-4H3,(H,9,10);3*1H3,(H,3,4).